The second-order valence-electron chi connectivity index (χ2n) is 6.28. The van der Waals surface area contributed by atoms with Gasteiger partial charge in [-0.2, -0.15) is 0 Å². The highest BCUT2D eigenvalue weighted by molar-refractivity contribution is 7.71. The highest BCUT2D eigenvalue weighted by atomic mass is 32.1. The normalized spacial score (nSPS) is 10.6. The largest absolute Gasteiger partial charge is 0.457 e. The molecule has 4 nitrogen and oxygen atoms in total. The van der Waals surface area contributed by atoms with E-state index in [2.05, 4.69) is 38.6 Å². The highest BCUT2D eigenvalue weighted by Crippen LogP contribution is 2.31. The van der Waals surface area contributed by atoms with E-state index in [1.165, 1.54) is 11.1 Å². The number of benzene rings is 2. The summed E-state index contributed by atoms with van der Waals surface area (Å²) in [6, 6.07) is 14.0. The van der Waals surface area contributed by atoms with Gasteiger partial charge in [0.1, 0.15) is 11.3 Å². The van der Waals surface area contributed by atoms with Gasteiger partial charge < -0.3 is 13.9 Å². The van der Waals surface area contributed by atoms with Gasteiger partial charge in [-0.15, -0.1) is 0 Å². The van der Waals surface area contributed by atoms with Crippen LogP contribution in [0.3, 0.4) is 0 Å². The van der Waals surface area contributed by atoms with Crippen molar-refractivity contribution in [2.75, 3.05) is 6.79 Å². The molecule has 1 aromatic heterocycles. The number of carbonyl (C=O) groups excluding carboxylic acids is 1. The Bertz CT molecular complexity index is 1080. The van der Waals surface area contributed by atoms with Crippen LogP contribution in [0.4, 0.5) is 0 Å². The summed E-state index contributed by atoms with van der Waals surface area (Å²) in [6.07, 6.45) is 3.01. The number of rotatable bonds is 7. The van der Waals surface area contributed by atoms with Gasteiger partial charge in [0.2, 0.25) is 6.79 Å². The Labute approximate surface area is 169 Å². The minimum Gasteiger partial charge on any atom is -0.457 e. The van der Waals surface area contributed by atoms with Crippen LogP contribution in [0.1, 0.15) is 25.0 Å². The average Bonchev–Trinajstić information content (AvgIpc) is 2.72. The lowest BCUT2D eigenvalue weighted by molar-refractivity contribution is -0.144. The predicted octanol–water partition coefficient (Wildman–Crippen LogP) is 6.02. The van der Waals surface area contributed by atoms with E-state index in [-0.39, 0.29) is 6.79 Å². The molecule has 0 fully saturated rings. The summed E-state index contributed by atoms with van der Waals surface area (Å²) in [5.41, 5.74) is 5.19. The number of esters is 1. The molecular formula is C23H22O4S. The smallest absolute Gasteiger partial charge is 0.333 e. The van der Waals surface area contributed by atoms with Gasteiger partial charge in [-0.3, -0.25) is 0 Å². The Morgan fingerprint density at radius 1 is 1.11 bits per heavy atom. The topological polar surface area (TPSA) is 48.7 Å². The van der Waals surface area contributed by atoms with Gasteiger partial charge in [0.15, 0.2) is 4.71 Å². The predicted molar refractivity (Wildman–Crippen MR) is 113 cm³/mol. The zero-order valence-electron chi connectivity index (χ0n) is 16.0. The maximum atomic E-state index is 11.1. The molecule has 2 aromatic carbocycles. The molecule has 0 aliphatic heterocycles. The molecule has 0 bridgehead atoms. The number of aryl methyl sites for hydroxylation is 2. The van der Waals surface area contributed by atoms with Crippen LogP contribution in [-0.4, -0.2) is 12.8 Å². The van der Waals surface area contributed by atoms with E-state index in [0.717, 1.165) is 35.4 Å². The van der Waals surface area contributed by atoms with Gasteiger partial charge in [0.25, 0.3) is 0 Å². The van der Waals surface area contributed by atoms with Gasteiger partial charge >= 0.3 is 5.97 Å². The monoisotopic (exact) mass is 394 g/mol. The first-order valence-corrected chi connectivity index (χ1v) is 9.58. The second kappa shape index (κ2) is 8.85. The van der Waals surface area contributed by atoms with Crippen molar-refractivity contribution >= 4 is 29.2 Å². The van der Waals surface area contributed by atoms with E-state index in [1.807, 2.05) is 12.1 Å². The summed E-state index contributed by atoms with van der Waals surface area (Å²) in [7, 11) is 0. The third kappa shape index (κ3) is 4.31. The van der Waals surface area contributed by atoms with E-state index in [4.69, 9.17) is 26.1 Å². The maximum Gasteiger partial charge on any atom is 0.333 e. The van der Waals surface area contributed by atoms with Crippen molar-refractivity contribution in [2.24, 2.45) is 0 Å². The molecule has 3 rings (SSSR count). The van der Waals surface area contributed by atoms with E-state index in [0.29, 0.717) is 16.0 Å². The van der Waals surface area contributed by atoms with Gasteiger partial charge in [-0.1, -0.05) is 38.6 Å². The number of hydrogen-bond donors (Lipinski definition) is 0. The van der Waals surface area contributed by atoms with Crippen LogP contribution in [0, 0.1) is 4.71 Å². The van der Waals surface area contributed by atoms with Crippen molar-refractivity contribution < 1.29 is 18.7 Å². The van der Waals surface area contributed by atoms with Crippen molar-refractivity contribution in [1.29, 1.82) is 0 Å². The summed E-state index contributed by atoms with van der Waals surface area (Å²) in [4.78, 5) is 11.1. The molecule has 1 heterocycles. The lowest BCUT2D eigenvalue weighted by Crippen LogP contribution is -2.07. The lowest BCUT2D eigenvalue weighted by atomic mass is 9.96. The van der Waals surface area contributed by atoms with Crippen molar-refractivity contribution in [1.82, 2.24) is 0 Å². The molecule has 0 radical (unpaired) electrons. The average molecular weight is 394 g/mol. The third-order valence-electron chi connectivity index (χ3n) is 4.55. The van der Waals surface area contributed by atoms with E-state index < -0.39 is 5.97 Å². The first-order valence-electron chi connectivity index (χ1n) is 9.17. The summed E-state index contributed by atoms with van der Waals surface area (Å²) in [5.74, 6) is -0.0133. The van der Waals surface area contributed by atoms with Crippen molar-refractivity contribution in [3.63, 3.8) is 0 Å². The molecule has 0 saturated carbocycles. The Kier molecular flexibility index (Phi) is 6.26. The second-order valence-corrected chi connectivity index (χ2v) is 6.65. The van der Waals surface area contributed by atoms with Crippen LogP contribution in [0.5, 0.6) is 5.75 Å². The minimum absolute atomic E-state index is 0.196. The van der Waals surface area contributed by atoms with Crippen LogP contribution in [0.2, 0.25) is 0 Å². The number of ether oxygens (including phenoxy) is 2. The van der Waals surface area contributed by atoms with Crippen molar-refractivity contribution in [2.45, 2.75) is 26.7 Å². The van der Waals surface area contributed by atoms with E-state index in [1.54, 1.807) is 12.1 Å². The number of fused-ring (bicyclic) bond motifs is 1. The standard InChI is InChI=1S/C23H22O4S/c1-4-15-7-10-19(16(5-2)11-15)20-12-17-8-9-18(13-21(17)27-23(20)28)25-14-26-22(24)6-3/h6-13H,3-5,14H2,1-2H3. The van der Waals surface area contributed by atoms with Gasteiger partial charge in [-0.05, 0) is 59.9 Å². The van der Waals surface area contributed by atoms with Crippen LogP contribution in [0.15, 0.2) is 59.5 Å². The lowest BCUT2D eigenvalue weighted by Gasteiger charge is -2.11. The summed E-state index contributed by atoms with van der Waals surface area (Å²) in [5, 5.41) is 0.917. The van der Waals surface area contributed by atoms with Gasteiger partial charge in [-0.25, -0.2) is 4.79 Å². The summed E-state index contributed by atoms with van der Waals surface area (Å²) >= 11 is 5.52. The molecule has 0 aliphatic rings. The highest BCUT2D eigenvalue weighted by Gasteiger charge is 2.11. The molecule has 0 N–H and O–H groups in total. The zero-order valence-corrected chi connectivity index (χ0v) is 16.8. The first-order chi connectivity index (χ1) is 13.5. The molecule has 0 atom stereocenters. The molecule has 144 valence electrons. The fraction of sp³-hybridized carbons (Fsp3) is 0.217. The maximum absolute atomic E-state index is 11.1. The Hall–Kier alpha value is -2.92. The van der Waals surface area contributed by atoms with E-state index >= 15 is 0 Å². The van der Waals surface area contributed by atoms with Crippen LogP contribution in [-0.2, 0) is 22.4 Å². The van der Waals surface area contributed by atoms with Crippen LogP contribution >= 0.6 is 12.2 Å². The van der Waals surface area contributed by atoms with Gasteiger partial charge in [0.05, 0.1) is 0 Å². The molecule has 0 spiro atoms. The fourth-order valence-electron chi connectivity index (χ4n) is 3.01. The zero-order chi connectivity index (χ0) is 20.1. The Morgan fingerprint density at radius 3 is 2.64 bits per heavy atom. The Balaban J connectivity index is 1.94. The molecule has 5 heteroatoms. The molecular weight excluding hydrogens is 372 g/mol. The summed E-state index contributed by atoms with van der Waals surface area (Å²) in [6.45, 7) is 7.43. The molecule has 0 amide bonds. The number of carbonyl (C=O) groups is 1. The quantitative estimate of drug-likeness (QED) is 0.212. The SMILES string of the molecule is C=CC(=O)OCOc1ccc2cc(-c3ccc(CC)cc3CC)c(=S)oc2c1. The van der Waals surface area contributed by atoms with Crippen molar-refractivity contribution in [3.05, 3.63) is 71.0 Å². The first kappa shape index (κ1) is 19.8. The minimum atomic E-state index is -0.538. The number of hydrogen-bond acceptors (Lipinski definition) is 5. The summed E-state index contributed by atoms with van der Waals surface area (Å²) < 4.78 is 16.6. The molecule has 0 aliphatic carbocycles. The van der Waals surface area contributed by atoms with Crippen molar-refractivity contribution in [3.8, 4) is 16.9 Å². The molecule has 28 heavy (non-hydrogen) atoms. The fourth-order valence-corrected chi connectivity index (χ4v) is 3.26. The molecule has 3 aromatic rings. The molecule has 0 unspecified atom stereocenters. The third-order valence-corrected chi connectivity index (χ3v) is 4.85. The Morgan fingerprint density at radius 2 is 1.93 bits per heavy atom. The van der Waals surface area contributed by atoms with E-state index in [9.17, 15) is 4.79 Å². The van der Waals surface area contributed by atoms with Crippen LogP contribution in [0.25, 0.3) is 22.1 Å². The van der Waals surface area contributed by atoms with Gasteiger partial charge in [0, 0.05) is 23.1 Å². The molecule has 0 saturated heterocycles. The van der Waals surface area contributed by atoms with Crippen LogP contribution < -0.4 is 4.74 Å².